The van der Waals surface area contributed by atoms with E-state index in [1.807, 2.05) is 0 Å². The lowest BCUT2D eigenvalue weighted by Crippen LogP contribution is -2.33. The predicted octanol–water partition coefficient (Wildman–Crippen LogP) is 3.45. The molecule has 0 aliphatic heterocycles. The van der Waals surface area contributed by atoms with Crippen LogP contribution in [0.4, 0.5) is 11.4 Å². The van der Waals surface area contributed by atoms with Crippen molar-refractivity contribution in [3.63, 3.8) is 0 Å². The molecule has 0 aromatic heterocycles. The van der Waals surface area contributed by atoms with Crippen molar-refractivity contribution in [2.24, 2.45) is 0 Å². The van der Waals surface area contributed by atoms with Crippen LogP contribution in [-0.2, 0) is 14.8 Å². The van der Waals surface area contributed by atoms with Crippen molar-refractivity contribution in [3.8, 4) is 5.75 Å². The summed E-state index contributed by atoms with van der Waals surface area (Å²) in [6.45, 7) is 1.75. The average Bonchev–Trinajstić information content (AvgIpc) is 2.57. The Morgan fingerprint density at radius 3 is 2.58 bits per heavy atom. The van der Waals surface area contributed by atoms with Crippen LogP contribution >= 0.6 is 11.6 Å². The first kappa shape index (κ1) is 20.1. The van der Waals surface area contributed by atoms with Gasteiger partial charge in [0.2, 0.25) is 15.9 Å². The Labute approximate surface area is 158 Å². The van der Waals surface area contributed by atoms with E-state index in [2.05, 4.69) is 5.32 Å². The molecule has 0 aliphatic rings. The zero-order chi connectivity index (χ0) is 19.3. The Kier molecular flexibility index (Phi) is 6.50. The molecule has 0 radical (unpaired) electrons. The molecule has 0 saturated heterocycles. The molecule has 140 valence electrons. The van der Waals surface area contributed by atoms with E-state index in [0.717, 1.165) is 6.26 Å². The van der Waals surface area contributed by atoms with E-state index in [0.29, 0.717) is 27.7 Å². The zero-order valence-corrected chi connectivity index (χ0v) is 16.4. The van der Waals surface area contributed by atoms with E-state index in [-0.39, 0.29) is 18.9 Å². The van der Waals surface area contributed by atoms with Gasteiger partial charge in [-0.15, -0.1) is 0 Å². The van der Waals surface area contributed by atoms with Crippen molar-refractivity contribution in [3.05, 3.63) is 53.1 Å². The second kappa shape index (κ2) is 8.42. The number of carbonyl (C=O) groups is 1. The average molecular weight is 397 g/mol. The van der Waals surface area contributed by atoms with Crippen molar-refractivity contribution in [2.75, 3.05) is 29.5 Å². The van der Waals surface area contributed by atoms with Gasteiger partial charge in [0, 0.05) is 29.7 Å². The van der Waals surface area contributed by atoms with Crippen molar-refractivity contribution >= 4 is 38.9 Å². The minimum absolute atomic E-state index is 0.00374. The third kappa shape index (κ3) is 5.12. The maximum absolute atomic E-state index is 12.2. The summed E-state index contributed by atoms with van der Waals surface area (Å²) in [5.41, 5.74) is 1.70. The lowest BCUT2D eigenvalue weighted by atomic mass is 10.2. The quantitative estimate of drug-likeness (QED) is 0.777. The van der Waals surface area contributed by atoms with Crippen LogP contribution in [-0.4, -0.2) is 34.2 Å². The van der Waals surface area contributed by atoms with E-state index in [9.17, 15) is 13.2 Å². The summed E-state index contributed by atoms with van der Waals surface area (Å²) in [4.78, 5) is 12.2. The highest BCUT2D eigenvalue weighted by Crippen LogP contribution is 2.28. The van der Waals surface area contributed by atoms with E-state index in [4.69, 9.17) is 16.3 Å². The first-order valence-electron chi connectivity index (χ1n) is 7.89. The summed E-state index contributed by atoms with van der Waals surface area (Å²) >= 11 is 6.09. The summed E-state index contributed by atoms with van der Waals surface area (Å²) in [6.07, 6.45) is 1.10. The highest BCUT2D eigenvalue weighted by molar-refractivity contribution is 7.92. The number of methoxy groups -OCH3 is 1. The molecule has 2 aromatic carbocycles. The van der Waals surface area contributed by atoms with Gasteiger partial charge in [-0.25, -0.2) is 8.42 Å². The molecule has 2 rings (SSSR count). The van der Waals surface area contributed by atoms with Crippen LogP contribution in [0.1, 0.15) is 12.0 Å². The Morgan fingerprint density at radius 2 is 1.92 bits per heavy atom. The molecule has 26 heavy (non-hydrogen) atoms. The third-order valence-corrected chi connectivity index (χ3v) is 5.39. The fourth-order valence-corrected chi connectivity index (χ4v) is 3.61. The predicted molar refractivity (Wildman–Crippen MR) is 105 cm³/mol. The number of anilines is 2. The Morgan fingerprint density at radius 1 is 1.23 bits per heavy atom. The number of sulfonamides is 1. The van der Waals surface area contributed by atoms with Crippen LogP contribution < -0.4 is 14.4 Å². The smallest absolute Gasteiger partial charge is 0.232 e. The molecule has 0 bridgehead atoms. The molecule has 0 heterocycles. The Hall–Kier alpha value is -2.25. The number of benzene rings is 2. The second-order valence-electron chi connectivity index (χ2n) is 5.75. The van der Waals surface area contributed by atoms with Crippen LogP contribution in [0.3, 0.4) is 0 Å². The monoisotopic (exact) mass is 396 g/mol. The van der Waals surface area contributed by atoms with Crippen molar-refractivity contribution in [2.45, 2.75) is 13.3 Å². The molecule has 0 unspecified atom stereocenters. The SMILES string of the molecule is COc1cccc(NC(=O)CCN(c2cccc(Cl)c2C)S(C)(=O)=O)c1. The first-order chi connectivity index (χ1) is 12.2. The van der Waals surface area contributed by atoms with Gasteiger partial charge in [0.15, 0.2) is 0 Å². The standard InChI is InChI=1S/C18H21ClN2O4S/c1-13-16(19)8-5-9-17(13)21(26(3,23)24)11-10-18(22)20-14-6-4-7-15(12-14)25-2/h4-9,12H,10-11H2,1-3H3,(H,20,22). The number of nitrogens with one attached hydrogen (secondary N) is 1. The largest absolute Gasteiger partial charge is 0.497 e. The summed E-state index contributed by atoms with van der Waals surface area (Å²) in [6, 6.07) is 12.0. The molecule has 1 amide bonds. The minimum Gasteiger partial charge on any atom is -0.497 e. The molecule has 1 N–H and O–H groups in total. The van der Waals surface area contributed by atoms with Gasteiger partial charge in [-0.1, -0.05) is 23.7 Å². The van der Waals surface area contributed by atoms with Gasteiger partial charge >= 0.3 is 0 Å². The van der Waals surface area contributed by atoms with Crippen LogP contribution in [0.25, 0.3) is 0 Å². The molecule has 2 aromatic rings. The van der Waals surface area contributed by atoms with E-state index >= 15 is 0 Å². The normalized spacial score (nSPS) is 11.1. The van der Waals surface area contributed by atoms with Crippen molar-refractivity contribution in [1.29, 1.82) is 0 Å². The molecular formula is C18H21ClN2O4S. The lowest BCUT2D eigenvalue weighted by Gasteiger charge is -2.24. The minimum atomic E-state index is -3.56. The van der Waals surface area contributed by atoms with E-state index in [1.165, 1.54) is 11.4 Å². The Bertz CT molecular complexity index is 900. The molecule has 0 saturated carbocycles. The van der Waals surface area contributed by atoms with Gasteiger partial charge in [0.1, 0.15) is 5.75 Å². The molecule has 0 atom stereocenters. The molecule has 0 aliphatic carbocycles. The summed E-state index contributed by atoms with van der Waals surface area (Å²) < 4.78 is 30.7. The Balaban J connectivity index is 2.12. The highest BCUT2D eigenvalue weighted by atomic mass is 35.5. The number of carbonyl (C=O) groups excluding carboxylic acids is 1. The fourth-order valence-electron chi connectivity index (χ4n) is 2.46. The van der Waals surface area contributed by atoms with E-state index in [1.54, 1.807) is 49.4 Å². The third-order valence-electron chi connectivity index (χ3n) is 3.80. The number of nitrogens with zero attached hydrogens (tertiary/aromatic N) is 1. The van der Waals surface area contributed by atoms with Crippen LogP contribution in [0.15, 0.2) is 42.5 Å². The summed E-state index contributed by atoms with van der Waals surface area (Å²) in [5.74, 6) is 0.321. The molecule has 0 fully saturated rings. The zero-order valence-electron chi connectivity index (χ0n) is 14.8. The highest BCUT2D eigenvalue weighted by Gasteiger charge is 2.21. The molecule has 6 nitrogen and oxygen atoms in total. The number of hydrogen-bond donors (Lipinski definition) is 1. The van der Waals surface area contributed by atoms with Gasteiger partial charge in [0.25, 0.3) is 0 Å². The molecule has 8 heteroatoms. The first-order valence-corrected chi connectivity index (χ1v) is 10.1. The summed E-state index contributed by atoms with van der Waals surface area (Å²) in [5, 5.41) is 3.20. The maximum Gasteiger partial charge on any atom is 0.232 e. The maximum atomic E-state index is 12.2. The van der Waals surface area contributed by atoms with Crippen LogP contribution in [0.2, 0.25) is 5.02 Å². The van der Waals surface area contributed by atoms with Gasteiger partial charge < -0.3 is 10.1 Å². The fraction of sp³-hybridized carbons (Fsp3) is 0.278. The molecule has 0 spiro atoms. The number of rotatable bonds is 7. The summed E-state index contributed by atoms with van der Waals surface area (Å²) in [7, 11) is -2.02. The van der Waals surface area contributed by atoms with Crippen LogP contribution in [0.5, 0.6) is 5.75 Å². The van der Waals surface area contributed by atoms with Crippen molar-refractivity contribution in [1.82, 2.24) is 0 Å². The topological polar surface area (TPSA) is 75.7 Å². The lowest BCUT2D eigenvalue weighted by molar-refractivity contribution is -0.116. The van der Waals surface area contributed by atoms with Gasteiger partial charge in [-0.05, 0) is 36.8 Å². The van der Waals surface area contributed by atoms with Crippen LogP contribution in [0, 0.1) is 6.92 Å². The number of hydrogen-bond acceptors (Lipinski definition) is 4. The number of halogens is 1. The van der Waals surface area contributed by atoms with Gasteiger partial charge in [-0.3, -0.25) is 9.10 Å². The van der Waals surface area contributed by atoms with Gasteiger partial charge in [-0.2, -0.15) is 0 Å². The van der Waals surface area contributed by atoms with Gasteiger partial charge in [0.05, 0.1) is 19.1 Å². The van der Waals surface area contributed by atoms with E-state index < -0.39 is 10.0 Å². The van der Waals surface area contributed by atoms with Crippen molar-refractivity contribution < 1.29 is 17.9 Å². The number of ether oxygens (including phenoxy) is 1. The molecular weight excluding hydrogens is 376 g/mol. The number of amides is 1. The second-order valence-corrected chi connectivity index (χ2v) is 8.06.